The zero-order valence-electron chi connectivity index (χ0n) is 17.2. The van der Waals surface area contributed by atoms with Gasteiger partial charge < -0.3 is 19.5 Å². The van der Waals surface area contributed by atoms with Crippen LogP contribution in [0.3, 0.4) is 0 Å². The standard InChI is InChI=1S/C20H23BrFN3O5/c1-20(2,3)30-19(28)24-8-7-14-11(10-24)13(9-16(26)27)23-25(14)15-6-5-12(21)17(22)18(15)29-4/h5-6H,7-10H2,1-4H3,(H,26,27). The molecule has 2 aromatic rings. The maximum atomic E-state index is 14.5. The Hall–Kier alpha value is -2.62. The quantitative estimate of drug-likeness (QED) is 0.712. The lowest BCUT2D eigenvalue weighted by atomic mass is 10.0. The summed E-state index contributed by atoms with van der Waals surface area (Å²) >= 11 is 3.13. The van der Waals surface area contributed by atoms with Crippen LogP contribution in [0.2, 0.25) is 0 Å². The van der Waals surface area contributed by atoms with Crippen molar-refractivity contribution in [1.82, 2.24) is 14.7 Å². The summed E-state index contributed by atoms with van der Waals surface area (Å²) in [6.45, 7) is 5.86. The molecule has 0 bridgehead atoms. The molecule has 162 valence electrons. The van der Waals surface area contributed by atoms with E-state index in [1.54, 1.807) is 26.8 Å². The monoisotopic (exact) mass is 483 g/mol. The number of benzene rings is 1. The molecule has 0 fully saturated rings. The van der Waals surface area contributed by atoms with E-state index in [2.05, 4.69) is 21.0 Å². The fourth-order valence-electron chi connectivity index (χ4n) is 3.34. The van der Waals surface area contributed by atoms with E-state index >= 15 is 0 Å². The number of aromatic nitrogens is 2. The minimum atomic E-state index is -1.05. The van der Waals surface area contributed by atoms with Crippen molar-refractivity contribution in [1.29, 1.82) is 0 Å². The summed E-state index contributed by atoms with van der Waals surface area (Å²) in [7, 11) is 1.35. The van der Waals surface area contributed by atoms with Gasteiger partial charge in [0.05, 0.1) is 35.9 Å². The molecule has 8 nitrogen and oxygen atoms in total. The van der Waals surface area contributed by atoms with Crippen LogP contribution in [-0.2, 0) is 28.9 Å². The predicted octanol–water partition coefficient (Wildman–Crippen LogP) is 3.70. The van der Waals surface area contributed by atoms with E-state index in [1.165, 1.54) is 22.8 Å². The van der Waals surface area contributed by atoms with E-state index < -0.39 is 23.5 Å². The third kappa shape index (κ3) is 4.43. The van der Waals surface area contributed by atoms with Crippen LogP contribution in [0.1, 0.15) is 37.7 Å². The number of ether oxygens (including phenoxy) is 2. The van der Waals surface area contributed by atoms with Crippen LogP contribution < -0.4 is 4.74 Å². The van der Waals surface area contributed by atoms with Crippen LogP contribution in [0.25, 0.3) is 5.69 Å². The molecule has 0 radical (unpaired) electrons. The molecular weight excluding hydrogens is 461 g/mol. The van der Waals surface area contributed by atoms with E-state index in [-0.39, 0.29) is 23.2 Å². The molecule has 0 saturated carbocycles. The topological polar surface area (TPSA) is 93.9 Å². The number of fused-ring (bicyclic) bond motifs is 1. The van der Waals surface area contributed by atoms with Gasteiger partial charge in [0.2, 0.25) is 0 Å². The van der Waals surface area contributed by atoms with Gasteiger partial charge in [0.15, 0.2) is 11.6 Å². The molecule has 1 amide bonds. The van der Waals surface area contributed by atoms with Crippen molar-refractivity contribution >= 4 is 28.0 Å². The number of nitrogens with zero attached hydrogens (tertiary/aromatic N) is 3. The van der Waals surface area contributed by atoms with Crippen LogP contribution in [0.5, 0.6) is 5.75 Å². The smallest absolute Gasteiger partial charge is 0.410 e. The molecule has 1 N–H and O–H groups in total. The average molecular weight is 484 g/mol. The molecule has 0 spiro atoms. The highest BCUT2D eigenvalue weighted by atomic mass is 79.9. The predicted molar refractivity (Wildman–Crippen MR) is 109 cm³/mol. The molecule has 3 rings (SSSR count). The van der Waals surface area contributed by atoms with E-state index in [0.29, 0.717) is 35.6 Å². The fourth-order valence-corrected chi connectivity index (χ4v) is 3.65. The maximum Gasteiger partial charge on any atom is 0.410 e. The van der Waals surface area contributed by atoms with Crippen LogP contribution in [0, 0.1) is 5.82 Å². The van der Waals surface area contributed by atoms with Gasteiger partial charge in [0.1, 0.15) is 11.3 Å². The number of hydrogen-bond acceptors (Lipinski definition) is 5. The van der Waals surface area contributed by atoms with Crippen molar-refractivity contribution < 1.29 is 28.6 Å². The van der Waals surface area contributed by atoms with Gasteiger partial charge >= 0.3 is 12.1 Å². The minimum Gasteiger partial charge on any atom is -0.491 e. The Balaban J connectivity index is 2.06. The summed E-state index contributed by atoms with van der Waals surface area (Å²) in [5.41, 5.74) is 1.37. The van der Waals surface area contributed by atoms with E-state index in [9.17, 15) is 19.1 Å². The second-order valence-electron chi connectivity index (χ2n) is 7.92. The molecule has 30 heavy (non-hydrogen) atoms. The summed E-state index contributed by atoms with van der Waals surface area (Å²) < 4.78 is 27.0. The summed E-state index contributed by atoms with van der Waals surface area (Å²) in [6, 6.07) is 3.18. The van der Waals surface area contributed by atoms with Gasteiger partial charge in [0.25, 0.3) is 0 Å². The van der Waals surface area contributed by atoms with Crippen LogP contribution in [0.15, 0.2) is 16.6 Å². The number of amides is 1. The molecule has 0 saturated heterocycles. The van der Waals surface area contributed by atoms with Crippen molar-refractivity contribution in [3.8, 4) is 11.4 Å². The zero-order chi connectivity index (χ0) is 22.2. The Morgan fingerprint density at radius 3 is 2.63 bits per heavy atom. The van der Waals surface area contributed by atoms with E-state index in [1.807, 2.05) is 0 Å². The number of hydrogen-bond donors (Lipinski definition) is 1. The SMILES string of the molecule is COc1c(-n2nc(CC(=O)O)c3c2CCN(C(=O)OC(C)(C)C)C3)ccc(Br)c1F. The normalized spacial score (nSPS) is 13.7. The third-order valence-corrected chi connectivity index (χ3v) is 5.18. The summed E-state index contributed by atoms with van der Waals surface area (Å²) in [5, 5.41) is 13.8. The molecule has 1 aromatic carbocycles. The highest BCUT2D eigenvalue weighted by Crippen LogP contribution is 2.34. The van der Waals surface area contributed by atoms with Crippen molar-refractivity contribution in [3.63, 3.8) is 0 Å². The Labute approximate surface area is 181 Å². The van der Waals surface area contributed by atoms with E-state index in [4.69, 9.17) is 9.47 Å². The number of carbonyl (C=O) groups excluding carboxylic acids is 1. The highest BCUT2D eigenvalue weighted by molar-refractivity contribution is 9.10. The molecule has 10 heteroatoms. The molecule has 2 heterocycles. The Morgan fingerprint density at radius 2 is 2.03 bits per heavy atom. The Morgan fingerprint density at radius 1 is 1.33 bits per heavy atom. The first kappa shape index (κ1) is 22.1. The van der Waals surface area contributed by atoms with Gasteiger partial charge in [-0.2, -0.15) is 5.10 Å². The zero-order valence-corrected chi connectivity index (χ0v) is 18.7. The molecule has 0 aliphatic carbocycles. The Kier molecular flexibility index (Phi) is 6.07. The van der Waals surface area contributed by atoms with E-state index in [0.717, 1.165) is 0 Å². The minimum absolute atomic E-state index is 0.00822. The lowest BCUT2D eigenvalue weighted by molar-refractivity contribution is -0.136. The van der Waals surface area contributed by atoms with Crippen molar-refractivity contribution in [2.45, 2.75) is 45.8 Å². The lowest BCUT2D eigenvalue weighted by Crippen LogP contribution is -2.40. The number of methoxy groups -OCH3 is 1. The number of carboxylic acid groups (broad SMARTS) is 1. The summed E-state index contributed by atoms with van der Waals surface area (Å²) in [6.07, 6.45) is -0.393. The second-order valence-corrected chi connectivity index (χ2v) is 8.77. The maximum absolute atomic E-state index is 14.5. The first-order valence-corrected chi connectivity index (χ1v) is 10.1. The number of carbonyl (C=O) groups is 2. The first-order valence-electron chi connectivity index (χ1n) is 9.33. The van der Waals surface area contributed by atoms with Gasteiger partial charge in [-0.25, -0.2) is 13.9 Å². The fraction of sp³-hybridized carbons (Fsp3) is 0.450. The molecule has 1 aliphatic heterocycles. The summed E-state index contributed by atoms with van der Waals surface area (Å²) in [4.78, 5) is 25.4. The van der Waals surface area contributed by atoms with Gasteiger partial charge in [-0.05, 0) is 48.8 Å². The number of aliphatic carboxylic acids is 1. The molecule has 1 aromatic heterocycles. The highest BCUT2D eigenvalue weighted by Gasteiger charge is 2.32. The van der Waals surface area contributed by atoms with Gasteiger partial charge in [-0.1, -0.05) is 0 Å². The van der Waals surface area contributed by atoms with Crippen molar-refractivity contribution in [3.05, 3.63) is 39.4 Å². The third-order valence-electron chi connectivity index (χ3n) is 4.57. The van der Waals surface area contributed by atoms with Gasteiger partial charge in [-0.3, -0.25) is 4.79 Å². The van der Waals surface area contributed by atoms with Crippen molar-refractivity contribution in [2.24, 2.45) is 0 Å². The Bertz CT molecular complexity index is 999. The largest absolute Gasteiger partial charge is 0.491 e. The molecule has 0 atom stereocenters. The number of rotatable bonds is 4. The molecule has 1 aliphatic rings. The van der Waals surface area contributed by atoms with Gasteiger partial charge in [0, 0.05) is 18.5 Å². The second kappa shape index (κ2) is 8.25. The average Bonchev–Trinajstić information content (AvgIpc) is 2.99. The van der Waals surface area contributed by atoms with Crippen LogP contribution >= 0.6 is 15.9 Å². The first-order chi connectivity index (χ1) is 14.0. The van der Waals surface area contributed by atoms with Gasteiger partial charge in [-0.15, -0.1) is 0 Å². The number of carboxylic acids is 1. The number of halogens is 2. The molecule has 0 unspecified atom stereocenters. The van der Waals surface area contributed by atoms with Crippen LogP contribution in [0.4, 0.5) is 9.18 Å². The molecular formula is C20H23BrFN3O5. The van der Waals surface area contributed by atoms with Crippen LogP contribution in [-0.4, -0.2) is 51.1 Å². The summed E-state index contributed by atoms with van der Waals surface area (Å²) in [5.74, 6) is -1.64. The van der Waals surface area contributed by atoms with Crippen molar-refractivity contribution in [2.75, 3.05) is 13.7 Å². The lowest BCUT2D eigenvalue weighted by Gasteiger charge is -2.30.